The van der Waals surface area contributed by atoms with Crippen molar-refractivity contribution >= 4 is 5.78 Å². The number of benzene rings is 2. The molecule has 5 heteroatoms. The van der Waals surface area contributed by atoms with Crippen LogP contribution in [0.15, 0.2) is 59.4 Å². The van der Waals surface area contributed by atoms with Crippen LogP contribution in [0.5, 0.6) is 5.88 Å². The summed E-state index contributed by atoms with van der Waals surface area (Å²) in [5, 5.41) is 20.4. The van der Waals surface area contributed by atoms with Crippen LogP contribution in [0.1, 0.15) is 58.9 Å². The molecular formula is C25H24N2O3. The van der Waals surface area contributed by atoms with Crippen LogP contribution in [0, 0.1) is 18.3 Å². The quantitative estimate of drug-likeness (QED) is 0.662. The van der Waals surface area contributed by atoms with Gasteiger partial charge in [0.05, 0.1) is 12.1 Å². The van der Waals surface area contributed by atoms with Gasteiger partial charge in [0.2, 0.25) is 5.88 Å². The van der Waals surface area contributed by atoms with Crippen LogP contribution in [-0.4, -0.2) is 15.5 Å². The van der Waals surface area contributed by atoms with E-state index in [0.29, 0.717) is 5.56 Å². The molecule has 1 N–H and O–H groups in total. The molecule has 30 heavy (non-hydrogen) atoms. The van der Waals surface area contributed by atoms with Crippen LogP contribution in [-0.2, 0) is 12.0 Å². The second kappa shape index (κ2) is 8.00. The molecule has 1 aromatic heterocycles. The number of rotatable bonds is 4. The van der Waals surface area contributed by atoms with Crippen molar-refractivity contribution in [3.8, 4) is 11.9 Å². The summed E-state index contributed by atoms with van der Waals surface area (Å²) in [5.74, 6) is -0.853. The molecule has 0 spiro atoms. The van der Waals surface area contributed by atoms with E-state index in [4.69, 9.17) is 0 Å². The van der Waals surface area contributed by atoms with Crippen molar-refractivity contribution in [2.24, 2.45) is 0 Å². The minimum atomic E-state index is -0.615. The number of ketones is 1. The van der Waals surface area contributed by atoms with E-state index in [1.54, 1.807) is 12.1 Å². The molecule has 1 heterocycles. The first-order valence-electron chi connectivity index (χ1n) is 9.70. The van der Waals surface area contributed by atoms with Crippen molar-refractivity contribution in [3.63, 3.8) is 0 Å². The lowest BCUT2D eigenvalue weighted by molar-refractivity contribution is 0.103. The van der Waals surface area contributed by atoms with Crippen molar-refractivity contribution in [2.75, 3.05) is 0 Å². The highest BCUT2D eigenvalue weighted by atomic mass is 16.3. The molecule has 0 bridgehead atoms. The zero-order valence-corrected chi connectivity index (χ0v) is 17.6. The van der Waals surface area contributed by atoms with Crippen molar-refractivity contribution in [3.05, 3.63) is 98.3 Å². The van der Waals surface area contributed by atoms with Crippen LogP contribution in [0.25, 0.3) is 0 Å². The average molecular weight is 400 g/mol. The average Bonchev–Trinajstić information content (AvgIpc) is 2.71. The van der Waals surface area contributed by atoms with E-state index < -0.39 is 17.2 Å². The Labute approximate surface area is 175 Å². The minimum Gasteiger partial charge on any atom is -0.494 e. The van der Waals surface area contributed by atoms with E-state index >= 15 is 0 Å². The van der Waals surface area contributed by atoms with E-state index in [-0.39, 0.29) is 28.7 Å². The standard InChI is InChI=1S/C25H24N2O3/c1-16-20(14-26)23(29)27(15-17-8-6-5-7-9-17)24(30)21(16)22(28)18-10-12-19(13-11-18)25(2,3)4/h5-13,30H,15H2,1-4H3. The molecule has 0 saturated heterocycles. The van der Waals surface area contributed by atoms with Gasteiger partial charge < -0.3 is 5.11 Å². The highest BCUT2D eigenvalue weighted by molar-refractivity contribution is 6.11. The summed E-state index contributed by atoms with van der Waals surface area (Å²) in [6, 6.07) is 18.2. The fourth-order valence-corrected chi connectivity index (χ4v) is 3.40. The van der Waals surface area contributed by atoms with Gasteiger partial charge in [-0.3, -0.25) is 14.2 Å². The number of carbonyl (C=O) groups excluding carboxylic acids is 1. The lowest BCUT2D eigenvalue weighted by Crippen LogP contribution is -2.27. The molecule has 0 fully saturated rings. The van der Waals surface area contributed by atoms with E-state index in [2.05, 4.69) is 20.8 Å². The lowest BCUT2D eigenvalue weighted by Gasteiger charge is -2.19. The van der Waals surface area contributed by atoms with Gasteiger partial charge in [-0.2, -0.15) is 5.26 Å². The van der Waals surface area contributed by atoms with Crippen LogP contribution in [0.3, 0.4) is 0 Å². The Morgan fingerprint density at radius 1 is 1.07 bits per heavy atom. The smallest absolute Gasteiger partial charge is 0.271 e. The van der Waals surface area contributed by atoms with Gasteiger partial charge in [0.1, 0.15) is 11.6 Å². The SMILES string of the molecule is Cc1c(C(=O)c2ccc(C(C)(C)C)cc2)c(O)n(Cc2ccccc2)c(=O)c1C#N. The van der Waals surface area contributed by atoms with Gasteiger partial charge in [0.25, 0.3) is 5.56 Å². The molecular weight excluding hydrogens is 376 g/mol. The molecule has 0 aliphatic heterocycles. The van der Waals surface area contributed by atoms with Crippen LogP contribution in [0.2, 0.25) is 0 Å². The Kier molecular flexibility index (Phi) is 5.62. The number of pyridine rings is 1. The summed E-state index contributed by atoms with van der Waals surface area (Å²) in [4.78, 5) is 26.0. The summed E-state index contributed by atoms with van der Waals surface area (Å²) in [6.45, 7) is 7.82. The first-order chi connectivity index (χ1) is 14.1. The molecule has 0 amide bonds. The number of hydrogen-bond acceptors (Lipinski definition) is 4. The third kappa shape index (κ3) is 3.90. The fourth-order valence-electron chi connectivity index (χ4n) is 3.40. The molecule has 0 unspecified atom stereocenters. The van der Waals surface area contributed by atoms with Gasteiger partial charge >= 0.3 is 0 Å². The van der Waals surface area contributed by atoms with Gasteiger partial charge in [0, 0.05) is 5.56 Å². The van der Waals surface area contributed by atoms with Gasteiger partial charge in [-0.15, -0.1) is 0 Å². The first-order valence-corrected chi connectivity index (χ1v) is 9.70. The van der Waals surface area contributed by atoms with Crippen molar-refractivity contribution < 1.29 is 9.90 Å². The van der Waals surface area contributed by atoms with Gasteiger partial charge in [0.15, 0.2) is 5.78 Å². The maximum atomic E-state index is 13.2. The normalized spacial score (nSPS) is 11.2. The Bertz CT molecular complexity index is 1190. The number of nitrogens with zero attached hydrogens (tertiary/aromatic N) is 2. The summed E-state index contributed by atoms with van der Waals surface area (Å²) in [6.07, 6.45) is 0. The van der Waals surface area contributed by atoms with Gasteiger partial charge in [-0.1, -0.05) is 75.4 Å². The Morgan fingerprint density at radius 3 is 2.20 bits per heavy atom. The molecule has 152 valence electrons. The van der Waals surface area contributed by atoms with E-state index in [9.17, 15) is 20.0 Å². The summed E-state index contributed by atoms with van der Waals surface area (Å²) in [5.41, 5.74) is 1.59. The predicted octanol–water partition coefficient (Wildman–Crippen LogP) is 4.31. The van der Waals surface area contributed by atoms with Gasteiger partial charge in [-0.05, 0) is 29.0 Å². The molecule has 0 atom stereocenters. The monoisotopic (exact) mass is 400 g/mol. The first kappa shape index (κ1) is 21.1. The van der Waals surface area contributed by atoms with E-state index in [1.165, 1.54) is 6.92 Å². The minimum absolute atomic E-state index is 0.0226. The molecule has 3 rings (SSSR count). The topological polar surface area (TPSA) is 83.1 Å². The lowest BCUT2D eigenvalue weighted by atomic mass is 9.86. The number of aromatic hydroxyl groups is 1. The van der Waals surface area contributed by atoms with Gasteiger partial charge in [-0.25, -0.2) is 0 Å². The predicted molar refractivity (Wildman–Crippen MR) is 116 cm³/mol. The van der Waals surface area contributed by atoms with Crippen molar-refractivity contribution in [2.45, 2.75) is 39.7 Å². The number of hydrogen-bond donors (Lipinski definition) is 1. The van der Waals surface area contributed by atoms with E-state index in [0.717, 1.165) is 15.7 Å². The molecule has 0 radical (unpaired) electrons. The van der Waals surface area contributed by atoms with Crippen LogP contribution in [0.4, 0.5) is 0 Å². The Balaban J connectivity index is 2.14. The molecule has 3 aromatic rings. The molecule has 2 aromatic carbocycles. The Hall–Kier alpha value is -3.65. The van der Waals surface area contributed by atoms with Crippen molar-refractivity contribution in [1.29, 1.82) is 5.26 Å². The Morgan fingerprint density at radius 2 is 1.67 bits per heavy atom. The van der Waals surface area contributed by atoms with Crippen molar-refractivity contribution in [1.82, 2.24) is 4.57 Å². The van der Waals surface area contributed by atoms with Crippen LogP contribution < -0.4 is 5.56 Å². The summed E-state index contributed by atoms with van der Waals surface area (Å²) < 4.78 is 1.08. The zero-order chi connectivity index (χ0) is 22.1. The van der Waals surface area contributed by atoms with Crippen LogP contribution >= 0.6 is 0 Å². The fraction of sp³-hybridized carbons (Fsp3) is 0.240. The molecule has 0 saturated carbocycles. The third-order valence-electron chi connectivity index (χ3n) is 5.22. The molecule has 0 aliphatic carbocycles. The maximum Gasteiger partial charge on any atom is 0.271 e. The maximum absolute atomic E-state index is 13.2. The van der Waals surface area contributed by atoms with E-state index in [1.807, 2.05) is 48.5 Å². The zero-order valence-electron chi connectivity index (χ0n) is 17.6. The number of carbonyl (C=O) groups is 1. The molecule has 5 nitrogen and oxygen atoms in total. The highest BCUT2D eigenvalue weighted by Crippen LogP contribution is 2.27. The molecule has 0 aliphatic rings. The summed E-state index contributed by atoms with van der Waals surface area (Å²) >= 11 is 0. The second-order valence-electron chi connectivity index (χ2n) is 8.34. The summed E-state index contributed by atoms with van der Waals surface area (Å²) in [7, 11) is 0. The second-order valence-corrected chi connectivity index (χ2v) is 8.34. The highest BCUT2D eigenvalue weighted by Gasteiger charge is 2.25. The number of nitriles is 1. The largest absolute Gasteiger partial charge is 0.494 e. The third-order valence-corrected chi connectivity index (χ3v) is 5.22. The number of aromatic nitrogens is 1.